The normalized spacial score (nSPS) is 14.8. The highest BCUT2D eigenvalue weighted by Gasteiger charge is 2.18. The van der Waals surface area contributed by atoms with E-state index in [1.54, 1.807) is 13.1 Å². The Bertz CT molecular complexity index is 405. The Morgan fingerprint density at radius 2 is 2.25 bits per heavy atom. The van der Waals surface area contributed by atoms with Gasteiger partial charge in [0.25, 0.3) is 0 Å². The Labute approximate surface area is 93.0 Å². The average Bonchev–Trinajstić information content (AvgIpc) is 2.72. The molecule has 0 amide bonds. The van der Waals surface area contributed by atoms with E-state index in [9.17, 15) is 4.79 Å². The monoisotopic (exact) mass is 223 g/mol. The minimum Gasteiger partial charge on any atom is -0.481 e. The van der Waals surface area contributed by atoms with Crippen LogP contribution in [0.5, 0.6) is 11.5 Å². The first kappa shape index (κ1) is 10.8. The Balaban J connectivity index is 2.21. The van der Waals surface area contributed by atoms with Gasteiger partial charge < -0.3 is 19.9 Å². The minimum atomic E-state index is -0.836. The van der Waals surface area contributed by atoms with Gasteiger partial charge in [0.1, 0.15) is 0 Å². The van der Waals surface area contributed by atoms with Crippen LogP contribution in [0.15, 0.2) is 18.2 Å². The van der Waals surface area contributed by atoms with Crippen LogP contribution in [-0.2, 0) is 4.79 Å². The first-order chi connectivity index (χ1) is 7.70. The van der Waals surface area contributed by atoms with E-state index in [4.69, 9.17) is 14.6 Å². The lowest BCUT2D eigenvalue weighted by Gasteiger charge is -2.14. The van der Waals surface area contributed by atoms with Crippen molar-refractivity contribution in [2.75, 3.05) is 13.8 Å². The van der Waals surface area contributed by atoms with Gasteiger partial charge in [-0.15, -0.1) is 0 Å². The largest absolute Gasteiger partial charge is 0.481 e. The van der Waals surface area contributed by atoms with Crippen molar-refractivity contribution in [3.8, 4) is 11.5 Å². The Morgan fingerprint density at radius 3 is 2.94 bits per heavy atom. The van der Waals surface area contributed by atoms with E-state index in [1.807, 2.05) is 12.1 Å². The summed E-state index contributed by atoms with van der Waals surface area (Å²) in [5, 5.41) is 11.7. The predicted molar refractivity (Wildman–Crippen MR) is 56.6 cm³/mol. The molecule has 0 fully saturated rings. The number of rotatable bonds is 4. The second-order valence-corrected chi connectivity index (χ2v) is 3.55. The maximum atomic E-state index is 10.7. The highest BCUT2D eigenvalue weighted by Crippen LogP contribution is 2.34. The molecule has 5 nitrogen and oxygen atoms in total. The summed E-state index contributed by atoms with van der Waals surface area (Å²) < 4.78 is 10.4. The third kappa shape index (κ3) is 2.09. The summed E-state index contributed by atoms with van der Waals surface area (Å²) in [6.07, 6.45) is 0.0378. The van der Waals surface area contributed by atoms with Crippen LogP contribution < -0.4 is 14.8 Å². The van der Waals surface area contributed by atoms with Gasteiger partial charge in [0.05, 0.1) is 6.42 Å². The van der Waals surface area contributed by atoms with E-state index in [2.05, 4.69) is 5.32 Å². The van der Waals surface area contributed by atoms with Crippen LogP contribution in [-0.4, -0.2) is 24.9 Å². The fourth-order valence-electron chi connectivity index (χ4n) is 1.69. The van der Waals surface area contributed by atoms with Gasteiger partial charge in [0.15, 0.2) is 11.5 Å². The van der Waals surface area contributed by atoms with E-state index in [1.165, 1.54) is 0 Å². The summed E-state index contributed by atoms with van der Waals surface area (Å²) in [5.41, 5.74) is 0.883. The summed E-state index contributed by atoms with van der Waals surface area (Å²) in [5.74, 6) is 0.536. The molecular formula is C11H13NO4. The molecule has 1 aromatic rings. The van der Waals surface area contributed by atoms with E-state index in [0.717, 1.165) is 5.56 Å². The molecule has 2 N–H and O–H groups in total. The summed E-state index contributed by atoms with van der Waals surface area (Å²) >= 11 is 0. The van der Waals surface area contributed by atoms with Crippen LogP contribution in [0.3, 0.4) is 0 Å². The van der Waals surface area contributed by atoms with Gasteiger partial charge in [-0.1, -0.05) is 6.07 Å². The van der Waals surface area contributed by atoms with Crippen molar-refractivity contribution in [1.29, 1.82) is 0 Å². The lowest BCUT2D eigenvalue weighted by atomic mass is 10.0. The van der Waals surface area contributed by atoms with Crippen LogP contribution in [0.2, 0.25) is 0 Å². The minimum absolute atomic E-state index is 0.0378. The first-order valence-electron chi connectivity index (χ1n) is 4.99. The zero-order valence-electron chi connectivity index (χ0n) is 8.90. The second kappa shape index (κ2) is 4.40. The van der Waals surface area contributed by atoms with Gasteiger partial charge in [-0.25, -0.2) is 0 Å². The molecule has 1 atom stereocenters. The highest BCUT2D eigenvalue weighted by atomic mass is 16.7. The van der Waals surface area contributed by atoms with Crippen molar-refractivity contribution in [2.24, 2.45) is 0 Å². The van der Waals surface area contributed by atoms with E-state index in [-0.39, 0.29) is 19.3 Å². The average molecular weight is 223 g/mol. The van der Waals surface area contributed by atoms with Crippen molar-refractivity contribution in [3.05, 3.63) is 23.8 Å². The molecule has 2 rings (SSSR count). The Morgan fingerprint density at radius 1 is 1.50 bits per heavy atom. The highest BCUT2D eigenvalue weighted by molar-refractivity contribution is 5.68. The molecular weight excluding hydrogens is 210 g/mol. The number of hydrogen-bond acceptors (Lipinski definition) is 4. The molecule has 0 aromatic heterocycles. The number of aliphatic carboxylic acids is 1. The van der Waals surface area contributed by atoms with Gasteiger partial charge in [-0.05, 0) is 24.7 Å². The van der Waals surface area contributed by atoms with Crippen LogP contribution in [0, 0.1) is 0 Å². The van der Waals surface area contributed by atoms with Crippen LogP contribution in [0.25, 0.3) is 0 Å². The van der Waals surface area contributed by atoms with Gasteiger partial charge in [-0.2, -0.15) is 0 Å². The van der Waals surface area contributed by atoms with Crippen molar-refractivity contribution < 1.29 is 19.4 Å². The van der Waals surface area contributed by atoms with Crippen molar-refractivity contribution in [3.63, 3.8) is 0 Å². The number of carboxylic acids is 1. The van der Waals surface area contributed by atoms with E-state index in [0.29, 0.717) is 11.5 Å². The number of nitrogens with one attached hydrogen (secondary N) is 1. The molecule has 1 aliphatic heterocycles. The van der Waals surface area contributed by atoms with Crippen LogP contribution in [0.4, 0.5) is 0 Å². The first-order valence-corrected chi connectivity index (χ1v) is 4.99. The molecule has 0 bridgehead atoms. The Kier molecular flexibility index (Phi) is 2.96. The smallest absolute Gasteiger partial charge is 0.305 e. The standard InChI is InChI=1S/C11H13NO4/c1-12-8(5-11(13)14)7-2-3-9-10(4-7)16-6-15-9/h2-4,8,12H,5-6H2,1H3,(H,13,14). The summed E-state index contributed by atoms with van der Waals surface area (Å²) in [4.78, 5) is 10.7. The molecule has 0 saturated carbocycles. The second-order valence-electron chi connectivity index (χ2n) is 3.55. The zero-order chi connectivity index (χ0) is 11.5. The maximum absolute atomic E-state index is 10.7. The van der Waals surface area contributed by atoms with Gasteiger partial charge in [-0.3, -0.25) is 4.79 Å². The van der Waals surface area contributed by atoms with E-state index < -0.39 is 5.97 Å². The number of carboxylic acid groups (broad SMARTS) is 1. The summed E-state index contributed by atoms with van der Waals surface area (Å²) in [6.45, 7) is 0.224. The molecule has 1 aromatic carbocycles. The topological polar surface area (TPSA) is 67.8 Å². The van der Waals surface area contributed by atoms with Gasteiger partial charge in [0, 0.05) is 6.04 Å². The molecule has 1 aliphatic rings. The number of fused-ring (bicyclic) bond motifs is 1. The quantitative estimate of drug-likeness (QED) is 0.801. The number of hydrogen-bond donors (Lipinski definition) is 2. The fraction of sp³-hybridized carbons (Fsp3) is 0.364. The van der Waals surface area contributed by atoms with Crippen molar-refractivity contribution >= 4 is 5.97 Å². The summed E-state index contributed by atoms with van der Waals surface area (Å²) in [7, 11) is 1.73. The van der Waals surface area contributed by atoms with Gasteiger partial charge in [0.2, 0.25) is 6.79 Å². The molecule has 1 unspecified atom stereocenters. The van der Waals surface area contributed by atoms with Crippen LogP contribution in [0.1, 0.15) is 18.0 Å². The van der Waals surface area contributed by atoms with Crippen LogP contribution >= 0.6 is 0 Å². The van der Waals surface area contributed by atoms with Crippen molar-refractivity contribution in [2.45, 2.75) is 12.5 Å². The molecule has 0 radical (unpaired) electrons. The van der Waals surface area contributed by atoms with Gasteiger partial charge >= 0.3 is 5.97 Å². The van der Waals surface area contributed by atoms with E-state index >= 15 is 0 Å². The Hall–Kier alpha value is -1.75. The molecule has 86 valence electrons. The zero-order valence-corrected chi connectivity index (χ0v) is 8.90. The molecule has 0 spiro atoms. The SMILES string of the molecule is CNC(CC(=O)O)c1ccc2c(c1)OCO2. The maximum Gasteiger partial charge on any atom is 0.305 e. The predicted octanol–water partition coefficient (Wildman–Crippen LogP) is 1.15. The third-order valence-electron chi connectivity index (χ3n) is 2.53. The summed E-state index contributed by atoms with van der Waals surface area (Å²) in [6, 6.07) is 5.24. The molecule has 5 heteroatoms. The lowest BCUT2D eigenvalue weighted by molar-refractivity contribution is -0.137. The molecule has 1 heterocycles. The number of ether oxygens (including phenoxy) is 2. The molecule has 16 heavy (non-hydrogen) atoms. The van der Waals surface area contributed by atoms with Crippen molar-refractivity contribution in [1.82, 2.24) is 5.32 Å². The third-order valence-corrected chi connectivity index (χ3v) is 2.53. The molecule has 0 aliphatic carbocycles. The fourth-order valence-corrected chi connectivity index (χ4v) is 1.69. The number of benzene rings is 1. The number of carbonyl (C=O) groups is 1. The molecule has 0 saturated heterocycles. The lowest BCUT2D eigenvalue weighted by Crippen LogP contribution is -2.19.